The fourth-order valence-corrected chi connectivity index (χ4v) is 3.44. The number of guanidine groups is 1. The van der Waals surface area contributed by atoms with Crippen molar-refractivity contribution in [3.8, 4) is 11.5 Å². The Labute approximate surface area is 184 Å². The van der Waals surface area contributed by atoms with Crippen molar-refractivity contribution < 1.29 is 9.47 Å². The van der Waals surface area contributed by atoms with Crippen molar-refractivity contribution in [3.63, 3.8) is 0 Å². The van der Waals surface area contributed by atoms with E-state index < -0.39 is 0 Å². The van der Waals surface area contributed by atoms with Crippen LogP contribution in [0.15, 0.2) is 39.1 Å². The normalized spacial score (nSPS) is 10.8. The van der Waals surface area contributed by atoms with Gasteiger partial charge in [-0.3, -0.25) is 0 Å². The van der Waals surface area contributed by atoms with Gasteiger partial charge in [0, 0.05) is 22.4 Å². The molecule has 2 aromatic rings. The summed E-state index contributed by atoms with van der Waals surface area (Å²) in [6.45, 7) is 4.26. The molecule has 144 valence electrons. The fourth-order valence-electron chi connectivity index (χ4n) is 2.28. The van der Waals surface area contributed by atoms with Crippen molar-refractivity contribution in [2.24, 2.45) is 4.99 Å². The van der Waals surface area contributed by atoms with Gasteiger partial charge in [-0.1, -0.05) is 22.0 Å². The van der Waals surface area contributed by atoms with Gasteiger partial charge in [0.25, 0.3) is 0 Å². The molecule has 0 bridgehead atoms. The molecular formula is C18H25BrIN3O2S. The predicted octanol–water partition coefficient (Wildman–Crippen LogP) is 4.44. The van der Waals surface area contributed by atoms with Gasteiger partial charge in [-0.25, -0.2) is 4.99 Å². The molecule has 0 radical (unpaired) electrons. The minimum atomic E-state index is 0. The third kappa shape index (κ3) is 6.96. The van der Waals surface area contributed by atoms with Crippen LogP contribution in [0.5, 0.6) is 11.5 Å². The standard InChI is InChI=1S/C18H24BrN3O2S.HI/c1-4-20-18(21-8-7-14-6-5-9-25-14)22-12-13-10-16(23-2)17(24-3)11-15(13)19;/h5-6,9-11H,4,7-8,12H2,1-3H3,(H2,20,21,22);1H. The van der Waals surface area contributed by atoms with Crippen molar-refractivity contribution in [2.75, 3.05) is 27.3 Å². The van der Waals surface area contributed by atoms with E-state index in [9.17, 15) is 0 Å². The molecule has 1 aromatic carbocycles. The van der Waals surface area contributed by atoms with Crippen molar-refractivity contribution >= 4 is 57.2 Å². The van der Waals surface area contributed by atoms with Crippen LogP contribution in [-0.2, 0) is 13.0 Å². The molecule has 0 fully saturated rings. The van der Waals surface area contributed by atoms with Crippen molar-refractivity contribution in [3.05, 3.63) is 44.6 Å². The quantitative estimate of drug-likeness (QED) is 0.288. The second kappa shape index (κ2) is 12.4. The molecule has 2 N–H and O–H groups in total. The van der Waals surface area contributed by atoms with E-state index in [4.69, 9.17) is 9.47 Å². The summed E-state index contributed by atoms with van der Waals surface area (Å²) in [4.78, 5) is 6.03. The Morgan fingerprint density at radius 1 is 1.19 bits per heavy atom. The molecule has 1 heterocycles. The highest BCUT2D eigenvalue weighted by molar-refractivity contribution is 14.0. The molecule has 0 aliphatic carbocycles. The Hall–Kier alpha value is -1.000. The zero-order valence-corrected chi connectivity index (χ0v) is 19.9. The van der Waals surface area contributed by atoms with E-state index in [0.717, 1.165) is 35.5 Å². The molecule has 0 saturated heterocycles. The summed E-state index contributed by atoms with van der Waals surface area (Å²) in [7, 11) is 3.26. The van der Waals surface area contributed by atoms with Gasteiger partial charge < -0.3 is 20.1 Å². The lowest BCUT2D eigenvalue weighted by atomic mass is 10.2. The molecule has 0 aliphatic rings. The number of benzene rings is 1. The fraction of sp³-hybridized carbons (Fsp3) is 0.389. The Balaban J connectivity index is 0.00000338. The molecule has 0 unspecified atom stereocenters. The maximum absolute atomic E-state index is 5.37. The smallest absolute Gasteiger partial charge is 0.191 e. The van der Waals surface area contributed by atoms with Crippen LogP contribution >= 0.6 is 51.2 Å². The number of aliphatic imine (C=N–C) groups is 1. The van der Waals surface area contributed by atoms with Gasteiger partial charge >= 0.3 is 0 Å². The van der Waals surface area contributed by atoms with Gasteiger partial charge in [0.15, 0.2) is 17.5 Å². The monoisotopic (exact) mass is 553 g/mol. The number of thiophene rings is 1. The van der Waals surface area contributed by atoms with Gasteiger partial charge in [0.05, 0.1) is 20.8 Å². The Bertz CT molecular complexity index is 696. The summed E-state index contributed by atoms with van der Waals surface area (Å²) in [6.07, 6.45) is 0.988. The summed E-state index contributed by atoms with van der Waals surface area (Å²) >= 11 is 5.35. The lowest BCUT2D eigenvalue weighted by molar-refractivity contribution is 0.354. The second-order valence-corrected chi connectivity index (χ2v) is 7.14. The van der Waals surface area contributed by atoms with E-state index in [1.165, 1.54) is 4.88 Å². The van der Waals surface area contributed by atoms with Crippen LogP contribution in [0.1, 0.15) is 17.4 Å². The first-order valence-electron chi connectivity index (χ1n) is 8.12. The Morgan fingerprint density at radius 3 is 2.54 bits per heavy atom. The highest BCUT2D eigenvalue weighted by Crippen LogP contribution is 2.33. The summed E-state index contributed by atoms with van der Waals surface area (Å²) in [6, 6.07) is 8.08. The van der Waals surface area contributed by atoms with Crippen molar-refractivity contribution in [1.82, 2.24) is 10.6 Å². The lowest BCUT2D eigenvalue weighted by Gasteiger charge is -2.13. The maximum atomic E-state index is 5.37. The zero-order valence-electron chi connectivity index (χ0n) is 15.2. The average Bonchev–Trinajstić information content (AvgIpc) is 3.13. The summed E-state index contributed by atoms with van der Waals surface area (Å²) in [5.41, 5.74) is 1.04. The highest BCUT2D eigenvalue weighted by Gasteiger charge is 2.09. The molecule has 2 rings (SSSR count). The van der Waals surface area contributed by atoms with Gasteiger partial charge in [-0.2, -0.15) is 0 Å². The zero-order chi connectivity index (χ0) is 18.1. The average molecular weight is 554 g/mol. The lowest BCUT2D eigenvalue weighted by Crippen LogP contribution is -2.38. The predicted molar refractivity (Wildman–Crippen MR) is 124 cm³/mol. The van der Waals surface area contributed by atoms with Crippen LogP contribution in [-0.4, -0.2) is 33.3 Å². The van der Waals surface area contributed by atoms with Gasteiger partial charge in [0.2, 0.25) is 0 Å². The van der Waals surface area contributed by atoms with Crippen LogP contribution in [0.3, 0.4) is 0 Å². The number of methoxy groups -OCH3 is 2. The van der Waals surface area contributed by atoms with Crippen LogP contribution in [0, 0.1) is 0 Å². The third-order valence-corrected chi connectivity index (χ3v) is 5.22. The van der Waals surface area contributed by atoms with Gasteiger partial charge in [-0.15, -0.1) is 35.3 Å². The number of hydrogen-bond donors (Lipinski definition) is 2. The van der Waals surface area contributed by atoms with Crippen LogP contribution in [0.4, 0.5) is 0 Å². The minimum Gasteiger partial charge on any atom is -0.493 e. The van der Waals surface area contributed by atoms with Crippen molar-refractivity contribution in [2.45, 2.75) is 19.9 Å². The van der Waals surface area contributed by atoms with Crippen LogP contribution < -0.4 is 20.1 Å². The molecule has 0 amide bonds. The molecule has 0 atom stereocenters. The first-order chi connectivity index (χ1) is 12.2. The molecular weight excluding hydrogens is 529 g/mol. The molecule has 0 aliphatic heterocycles. The van der Waals surface area contributed by atoms with Crippen LogP contribution in [0.2, 0.25) is 0 Å². The molecule has 5 nitrogen and oxygen atoms in total. The van der Waals surface area contributed by atoms with Crippen LogP contribution in [0.25, 0.3) is 0 Å². The van der Waals surface area contributed by atoms with E-state index in [0.29, 0.717) is 18.0 Å². The first-order valence-corrected chi connectivity index (χ1v) is 9.80. The number of nitrogens with one attached hydrogen (secondary N) is 2. The SMILES string of the molecule is CCNC(=NCc1cc(OC)c(OC)cc1Br)NCCc1cccs1.I. The first kappa shape index (κ1) is 23.0. The second-order valence-electron chi connectivity index (χ2n) is 5.25. The number of hydrogen-bond acceptors (Lipinski definition) is 4. The third-order valence-electron chi connectivity index (χ3n) is 3.55. The van der Waals surface area contributed by atoms with Gasteiger partial charge in [-0.05, 0) is 42.5 Å². The molecule has 8 heteroatoms. The summed E-state index contributed by atoms with van der Waals surface area (Å²) in [5.74, 6) is 2.20. The summed E-state index contributed by atoms with van der Waals surface area (Å²) in [5, 5.41) is 8.75. The largest absolute Gasteiger partial charge is 0.493 e. The summed E-state index contributed by atoms with van der Waals surface area (Å²) < 4.78 is 11.6. The number of halogens is 2. The topological polar surface area (TPSA) is 54.9 Å². The Kier molecular flexibility index (Phi) is 11.0. The number of nitrogens with zero attached hydrogens (tertiary/aromatic N) is 1. The maximum Gasteiger partial charge on any atom is 0.191 e. The van der Waals surface area contributed by atoms with E-state index in [2.05, 4.69) is 56.0 Å². The van der Waals surface area contributed by atoms with Gasteiger partial charge in [0.1, 0.15) is 0 Å². The van der Waals surface area contributed by atoms with Crippen molar-refractivity contribution in [1.29, 1.82) is 0 Å². The van der Waals surface area contributed by atoms with E-state index in [-0.39, 0.29) is 24.0 Å². The van der Waals surface area contributed by atoms with E-state index >= 15 is 0 Å². The Morgan fingerprint density at radius 2 is 1.92 bits per heavy atom. The van der Waals surface area contributed by atoms with E-state index in [1.54, 1.807) is 25.6 Å². The number of ether oxygens (including phenoxy) is 2. The minimum absolute atomic E-state index is 0. The molecule has 1 aromatic heterocycles. The molecule has 0 saturated carbocycles. The highest BCUT2D eigenvalue weighted by atomic mass is 127. The number of rotatable bonds is 8. The molecule has 0 spiro atoms. The molecule has 26 heavy (non-hydrogen) atoms. The van der Waals surface area contributed by atoms with E-state index in [1.807, 2.05) is 12.1 Å².